The molecular formula is C19H27N3O3. The molecule has 1 heterocycles. The Morgan fingerprint density at radius 3 is 2.56 bits per heavy atom. The van der Waals surface area contributed by atoms with Crippen LogP contribution in [0.4, 0.5) is 0 Å². The lowest BCUT2D eigenvalue weighted by molar-refractivity contribution is -0.128. The number of amides is 2. The summed E-state index contributed by atoms with van der Waals surface area (Å²) in [4.78, 5) is 27.9. The molecule has 0 spiro atoms. The second-order valence-corrected chi connectivity index (χ2v) is 5.86. The van der Waals surface area contributed by atoms with E-state index in [1.807, 2.05) is 43.0 Å². The van der Waals surface area contributed by atoms with Crippen molar-refractivity contribution in [3.8, 4) is 5.75 Å². The van der Waals surface area contributed by atoms with Crippen molar-refractivity contribution in [3.63, 3.8) is 0 Å². The molecule has 1 aliphatic rings. The maximum atomic E-state index is 12.4. The molecule has 1 fully saturated rings. The zero-order valence-electron chi connectivity index (χ0n) is 15.0. The van der Waals surface area contributed by atoms with E-state index < -0.39 is 0 Å². The molecule has 1 aromatic carbocycles. The molecule has 0 aliphatic carbocycles. The van der Waals surface area contributed by atoms with Crippen LogP contribution < -0.4 is 10.1 Å². The summed E-state index contributed by atoms with van der Waals surface area (Å²) in [5.74, 6) is 0.805. The molecule has 0 atom stereocenters. The molecule has 1 aliphatic heterocycles. The fourth-order valence-electron chi connectivity index (χ4n) is 2.75. The lowest BCUT2D eigenvalue weighted by Crippen LogP contribution is -2.50. The highest BCUT2D eigenvalue weighted by Crippen LogP contribution is 2.19. The Bertz CT molecular complexity index is 608. The molecule has 2 amide bonds. The monoisotopic (exact) mass is 345 g/mol. The number of para-hydroxylation sites is 1. The molecule has 1 N–H and O–H groups in total. The number of carbonyl (C=O) groups is 2. The highest BCUT2D eigenvalue weighted by Gasteiger charge is 2.20. The quantitative estimate of drug-likeness (QED) is 0.759. The van der Waals surface area contributed by atoms with Gasteiger partial charge in [0.25, 0.3) is 0 Å². The molecule has 1 aromatic rings. The standard InChI is InChI=1S/C19H27N3O3/c1-3-20-18(23)15-21-11-13-22(14-12-21)19(24)10-9-16-7-5-6-8-17(16)25-4-2/h5-10H,3-4,11-15H2,1-2H3,(H,20,23)/b10-9+. The van der Waals surface area contributed by atoms with Crippen LogP contribution in [-0.4, -0.2) is 67.5 Å². The Hall–Kier alpha value is -2.34. The Morgan fingerprint density at radius 1 is 1.16 bits per heavy atom. The largest absolute Gasteiger partial charge is 0.493 e. The van der Waals surface area contributed by atoms with Gasteiger partial charge in [0.15, 0.2) is 0 Å². The molecule has 0 bridgehead atoms. The second kappa shape index (κ2) is 9.84. The van der Waals surface area contributed by atoms with Crippen molar-refractivity contribution < 1.29 is 14.3 Å². The van der Waals surface area contributed by atoms with E-state index >= 15 is 0 Å². The molecule has 0 saturated carbocycles. The summed E-state index contributed by atoms with van der Waals surface area (Å²) >= 11 is 0. The van der Waals surface area contributed by atoms with Gasteiger partial charge < -0.3 is 15.0 Å². The lowest BCUT2D eigenvalue weighted by Gasteiger charge is -2.33. The van der Waals surface area contributed by atoms with Gasteiger partial charge in [0, 0.05) is 44.4 Å². The summed E-state index contributed by atoms with van der Waals surface area (Å²) in [6.07, 6.45) is 3.39. The van der Waals surface area contributed by atoms with Gasteiger partial charge in [-0.15, -0.1) is 0 Å². The van der Waals surface area contributed by atoms with E-state index in [0.717, 1.165) is 11.3 Å². The third-order valence-corrected chi connectivity index (χ3v) is 4.05. The maximum Gasteiger partial charge on any atom is 0.246 e. The number of hydrogen-bond donors (Lipinski definition) is 1. The predicted molar refractivity (Wildman–Crippen MR) is 98.3 cm³/mol. The van der Waals surface area contributed by atoms with Crippen molar-refractivity contribution in [3.05, 3.63) is 35.9 Å². The van der Waals surface area contributed by atoms with Gasteiger partial charge in [-0.05, 0) is 26.0 Å². The molecule has 0 unspecified atom stereocenters. The smallest absolute Gasteiger partial charge is 0.246 e. The van der Waals surface area contributed by atoms with Crippen LogP contribution >= 0.6 is 0 Å². The van der Waals surface area contributed by atoms with Crippen molar-refractivity contribution in [2.24, 2.45) is 0 Å². The minimum absolute atomic E-state index is 0.0102. The van der Waals surface area contributed by atoms with Crippen LogP contribution in [0.25, 0.3) is 6.08 Å². The van der Waals surface area contributed by atoms with Crippen molar-refractivity contribution in [1.29, 1.82) is 0 Å². The zero-order chi connectivity index (χ0) is 18.1. The molecule has 0 radical (unpaired) electrons. The Balaban J connectivity index is 1.85. The van der Waals surface area contributed by atoms with Crippen molar-refractivity contribution in [2.75, 3.05) is 45.9 Å². The molecule has 25 heavy (non-hydrogen) atoms. The summed E-state index contributed by atoms with van der Waals surface area (Å²) in [6, 6.07) is 7.66. The molecule has 0 aromatic heterocycles. The van der Waals surface area contributed by atoms with Crippen LogP contribution in [0.2, 0.25) is 0 Å². The maximum absolute atomic E-state index is 12.4. The van der Waals surface area contributed by atoms with Crippen LogP contribution in [0.5, 0.6) is 5.75 Å². The first kappa shape index (κ1) is 19.0. The summed E-state index contributed by atoms with van der Waals surface area (Å²) in [5.41, 5.74) is 0.896. The van der Waals surface area contributed by atoms with Gasteiger partial charge in [-0.25, -0.2) is 0 Å². The third kappa shape index (κ3) is 5.90. The van der Waals surface area contributed by atoms with Gasteiger partial charge in [0.2, 0.25) is 11.8 Å². The highest BCUT2D eigenvalue weighted by molar-refractivity contribution is 5.92. The average Bonchev–Trinajstić information content (AvgIpc) is 2.62. The number of piperazine rings is 1. The number of likely N-dealkylation sites (N-methyl/N-ethyl adjacent to an activating group) is 1. The van der Waals surface area contributed by atoms with Gasteiger partial charge in [-0.3, -0.25) is 14.5 Å². The number of rotatable bonds is 7. The molecular weight excluding hydrogens is 318 g/mol. The summed E-state index contributed by atoms with van der Waals surface area (Å²) in [7, 11) is 0. The zero-order valence-corrected chi connectivity index (χ0v) is 15.0. The van der Waals surface area contributed by atoms with Gasteiger partial charge in [-0.2, -0.15) is 0 Å². The minimum atomic E-state index is -0.0102. The van der Waals surface area contributed by atoms with E-state index in [4.69, 9.17) is 4.74 Å². The van der Waals surface area contributed by atoms with Crippen molar-refractivity contribution >= 4 is 17.9 Å². The summed E-state index contributed by atoms with van der Waals surface area (Å²) in [5, 5.41) is 2.80. The SMILES string of the molecule is CCNC(=O)CN1CCN(C(=O)/C=C/c2ccccc2OCC)CC1. The number of ether oxygens (including phenoxy) is 1. The molecule has 2 rings (SSSR count). The van der Waals surface area contributed by atoms with Crippen LogP contribution in [0.1, 0.15) is 19.4 Å². The van der Waals surface area contributed by atoms with E-state index in [0.29, 0.717) is 45.9 Å². The number of carbonyl (C=O) groups excluding carboxylic acids is 2. The van der Waals surface area contributed by atoms with Gasteiger partial charge in [0.1, 0.15) is 5.75 Å². The summed E-state index contributed by atoms with van der Waals surface area (Å²) in [6.45, 7) is 8.17. The van der Waals surface area contributed by atoms with E-state index in [2.05, 4.69) is 10.2 Å². The van der Waals surface area contributed by atoms with Crippen LogP contribution in [0.15, 0.2) is 30.3 Å². The molecule has 6 nitrogen and oxygen atoms in total. The van der Waals surface area contributed by atoms with Gasteiger partial charge in [-0.1, -0.05) is 18.2 Å². The van der Waals surface area contributed by atoms with E-state index in [9.17, 15) is 9.59 Å². The Kier molecular flexibility index (Phi) is 7.47. The first-order valence-corrected chi connectivity index (χ1v) is 8.82. The molecule has 136 valence electrons. The Labute approximate surface area is 149 Å². The third-order valence-electron chi connectivity index (χ3n) is 4.05. The van der Waals surface area contributed by atoms with Crippen molar-refractivity contribution in [1.82, 2.24) is 15.1 Å². The summed E-state index contributed by atoms with van der Waals surface area (Å²) < 4.78 is 5.56. The fraction of sp³-hybridized carbons (Fsp3) is 0.474. The van der Waals surface area contributed by atoms with Crippen molar-refractivity contribution in [2.45, 2.75) is 13.8 Å². The number of benzene rings is 1. The van der Waals surface area contributed by atoms with Gasteiger partial charge in [0.05, 0.1) is 13.2 Å². The predicted octanol–water partition coefficient (Wildman–Crippen LogP) is 1.38. The number of hydrogen-bond acceptors (Lipinski definition) is 4. The van der Waals surface area contributed by atoms with E-state index in [-0.39, 0.29) is 11.8 Å². The van der Waals surface area contributed by atoms with Crippen LogP contribution in [0.3, 0.4) is 0 Å². The first-order chi connectivity index (χ1) is 12.1. The average molecular weight is 345 g/mol. The fourth-order valence-corrected chi connectivity index (χ4v) is 2.75. The molecule has 6 heteroatoms. The normalized spacial score (nSPS) is 15.4. The van der Waals surface area contributed by atoms with Crippen LogP contribution in [-0.2, 0) is 9.59 Å². The number of nitrogens with zero attached hydrogens (tertiary/aromatic N) is 2. The Morgan fingerprint density at radius 2 is 1.88 bits per heavy atom. The highest BCUT2D eigenvalue weighted by atomic mass is 16.5. The number of nitrogens with one attached hydrogen (secondary N) is 1. The first-order valence-electron chi connectivity index (χ1n) is 8.82. The van der Waals surface area contributed by atoms with Gasteiger partial charge >= 0.3 is 0 Å². The molecule has 1 saturated heterocycles. The topological polar surface area (TPSA) is 61.9 Å². The second-order valence-electron chi connectivity index (χ2n) is 5.86. The minimum Gasteiger partial charge on any atom is -0.493 e. The van der Waals surface area contributed by atoms with E-state index in [1.54, 1.807) is 12.2 Å². The lowest BCUT2D eigenvalue weighted by atomic mass is 10.2. The van der Waals surface area contributed by atoms with Crippen LogP contribution in [0, 0.1) is 0 Å². The van der Waals surface area contributed by atoms with E-state index in [1.165, 1.54) is 0 Å².